The van der Waals surface area contributed by atoms with Crippen molar-refractivity contribution in [3.63, 3.8) is 0 Å². The number of anilines is 1. The molecule has 1 aromatic carbocycles. The summed E-state index contributed by atoms with van der Waals surface area (Å²) in [7, 11) is 0. The molecule has 18 heavy (non-hydrogen) atoms. The third-order valence-corrected chi connectivity index (χ3v) is 3.39. The highest BCUT2D eigenvalue weighted by Crippen LogP contribution is 2.25. The molecule has 0 atom stereocenters. The fourth-order valence-electron chi connectivity index (χ4n) is 2.36. The minimum absolute atomic E-state index is 0.388. The van der Waals surface area contributed by atoms with Crippen LogP contribution >= 0.6 is 0 Å². The van der Waals surface area contributed by atoms with Crippen LogP contribution in [0.4, 0.5) is 5.69 Å². The van der Waals surface area contributed by atoms with Gasteiger partial charge in [0.05, 0.1) is 6.54 Å². The number of rotatable bonds is 3. The Morgan fingerprint density at radius 3 is 2.50 bits per heavy atom. The van der Waals surface area contributed by atoms with Crippen molar-refractivity contribution in [2.45, 2.75) is 19.4 Å². The largest absolute Gasteiger partial charge is 0.372 e. The van der Waals surface area contributed by atoms with Gasteiger partial charge in [-0.15, -0.1) is 0 Å². The summed E-state index contributed by atoms with van der Waals surface area (Å²) in [6.45, 7) is 2.72. The van der Waals surface area contributed by atoms with Gasteiger partial charge >= 0.3 is 0 Å². The maximum Gasteiger partial charge on any atom is 0.150 e. The maximum absolute atomic E-state index is 5.51. The second-order valence-electron chi connectivity index (χ2n) is 4.62. The van der Waals surface area contributed by atoms with Gasteiger partial charge in [0.1, 0.15) is 5.69 Å². The zero-order chi connectivity index (χ0) is 12.4. The maximum atomic E-state index is 5.51. The van der Waals surface area contributed by atoms with E-state index >= 15 is 0 Å². The van der Waals surface area contributed by atoms with E-state index < -0.39 is 0 Å². The SMILES string of the molecule is NCc1cc(-c2ccc(N3CCCC3)cc2)no1. The Hall–Kier alpha value is -1.81. The van der Waals surface area contributed by atoms with Gasteiger partial charge in [-0.25, -0.2) is 0 Å². The fourth-order valence-corrected chi connectivity index (χ4v) is 2.36. The highest BCUT2D eigenvalue weighted by Gasteiger charge is 2.12. The molecule has 0 amide bonds. The molecule has 0 bridgehead atoms. The summed E-state index contributed by atoms with van der Waals surface area (Å²) < 4.78 is 5.11. The van der Waals surface area contributed by atoms with Crippen LogP contribution in [0.3, 0.4) is 0 Å². The minimum Gasteiger partial charge on any atom is -0.372 e. The highest BCUT2D eigenvalue weighted by molar-refractivity contribution is 5.63. The molecule has 0 radical (unpaired) electrons. The Labute approximate surface area is 106 Å². The lowest BCUT2D eigenvalue weighted by Crippen LogP contribution is -2.17. The monoisotopic (exact) mass is 243 g/mol. The van der Waals surface area contributed by atoms with Crippen molar-refractivity contribution >= 4 is 5.69 Å². The average Bonchev–Trinajstić information content (AvgIpc) is 3.10. The Morgan fingerprint density at radius 1 is 1.17 bits per heavy atom. The summed E-state index contributed by atoms with van der Waals surface area (Å²) in [5.41, 5.74) is 8.72. The molecule has 1 aromatic heterocycles. The lowest BCUT2D eigenvalue weighted by molar-refractivity contribution is 0.387. The fraction of sp³-hybridized carbons (Fsp3) is 0.357. The Bertz CT molecular complexity index is 512. The number of nitrogens with zero attached hydrogens (tertiary/aromatic N) is 2. The van der Waals surface area contributed by atoms with Crippen LogP contribution in [-0.4, -0.2) is 18.2 Å². The Kier molecular flexibility index (Phi) is 3.02. The predicted octanol–water partition coefficient (Wildman–Crippen LogP) is 2.40. The number of nitrogens with two attached hydrogens (primary N) is 1. The number of hydrogen-bond acceptors (Lipinski definition) is 4. The molecule has 0 aliphatic carbocycles. The molecule has 4 heteroatoms. The standard InChI is InChI=1S/C14H17N3O/c15-10-13-9-14(16-18-13)11-3-5-12(6-4-11)17-7-1-2-8-17/h3-6,9H,1-2,7-8,10,15H2. The first-order valence-corrected chi connectivity index (χ1v) is 6.38. The van der Waals surface area contributed by atoms with Crippen molar-refractivity contribution in [2.24, 2.45) is 5.73 Å². The van der Waals surface area contributed by atoms with E-state index in [1.54, 1.807) is 0 Å². The van der Waals surface area contributed by atoms with Crippen molar-refractivity contribution in [3.05, 3.63) is 36.1 Å². The third kappa shape index (κ3) is 2.11. The Balaban J connectivity index is 1.81. The van der Waals surface area contributed by atoms with Crippen molar-refractivity contribution in [2.75, 3.05) is 18.0 Å². The molecule has 1 aliphatic rings. The summed E-state index contributed by atoms with van der Waals surface area (Å²) in [5, 5.41) is 4.02. The van der Waals surface area contributed by atoms with Crippen LogP contribution in [-0.2, 0) is 6.54 Å². The van der Waals surface area contributed by atoms with E-state index in [-0.39, 0.29) is 0 Å². The molecular weight excluding hydrogens is 226 g/mol. The molecule has 2 N–H and O–H groups in total. The minimum atomic E-state index is 0.388. The van der Waals surface area contributed by atoms with Crippen LogP contribution in [0.15, 0.2) is 34.9 Å². The van der Waals surface area contributed by atoms with Crippen LogP contribution in [0.1, 0.15) is 18.6 Å². The van der Waals surface area contributed by atoms with Crippen LogP contribution in [0, 0.1) is 0 Å². The summed E-state index contributed by atoms with van der Waals surface area (Å²) in [4.78, 5) is 2.41. The second kappa shape index (κ2) is 4.82. The molecule has 2 heterocycles. The molecular formula is C14H17N3O. The van der Waals surface area contributed by atoms with E-state index in [0.717, 1.165) is 11.3 Å². The molecule has 1 aliphatic heterocycles. The van der Waals surface area contributed by atoms with Crippen molar-refractivity contribution in [1.29, 1.82) is 0 Å². The number of aromatic nitrogens is 1. The third-order valence-electron chi connectivity index (χ3n) is 3.39. The van der Waals surface area contributed by atoms with Gasteiger partial charge in [0.25, 0.3) is 0 Å². The summed E-state index contributed by atoms with van der Waals surface area (Å²) in [5.74, 6) is 0.716. The van der Waals surface area contributed by atoms with Crippen molar-refractivity contribution < 1.29 is 4.52 Å². The van der Waals surface area contributed by atoms with Gasteiger partial charge in [-0.05, 0) is 25.0 Å². The zero-order valence-corrected chi connectivity index (χ0v) is 10.3. The molecule has 3 rings (SSSR count). The first-order valence-electron chi connectivity index (χ1n) is 6.38. The topological polar surface area (TPSA) is 55.3 Å². The predicted molar refractivity (Wildman–Crippen MR) is 71.3 cm³/mol. The van der Waals surface area contributed by atoms with Crippen LogP contribution in [0.5, 0.6) is 0 Å². The van der Waals surface area contributed by atoms with E-state index in [9.17, 15) is 0 Å². The van der Waals surface area contributed by atoms with Gasteiger partial charge in [0.15, 0.2) is 5.76 Å². The quantitative estimate of drug-likeness (QED) is 0.899. The number of hydrogen-bond donors (Lipinski definition) is 1. The Morgan fingerprint density at radius 2 is 1.89 bits per heavy atom. The lowest BCUT2D eigenvalue weighted by atomic mass is 10.1. The molecule has 1 fully saturated rings. The van der Waals surface area contributed by atoms with Gasteiger partial charge in [0.2, 0.25) is 0 Å². The van der Waals surface area contributed by atoms with Gasteiger partial charge in [0, 0.05) is 30.4 Å². The van der Waals surface area contributed by atoms with Crippen molar-refractivity contribution in [3.8, 4) is 11.3 Å². The van der Waals surface area contributed by atoms with Gasteiger partial charge < -0.3 is 15.2 Å². The smallest absolute Gasteiger partial charge is 0.150 e. The van der Waals surface area contributed by atoms with E-state index in [1.807, 2.05) is 6.07 Å². The van der Waals surface area contributed by atoms with E-state index in [2.05, 4.69) is 34.3 Å². The second-order valence-corrected chi connectivity index (χ2v) is 4.62. The average molecular weight is 243 g/mol. The molecule has 0 saturated carbocycles. The molecule has 0 unspecified atom stereocenters. The van der Waals surface area contributed by atoms with E-state index in [0.29, 0.717) is 12.3 Å². The normalized spacial score (nSPS) is 15.3. The molecule has 94 valence electrons. The van der Waals surface area contributed by atoms with Crippen molar-refractivity contribution in [1.82, 2.24) is 5.16 Å². The molecule has 0 spiro atoms. The van der Waals surface area contributed by atoms with Crippen LogP contribution < -0.4 is 10.6 Å². The summed E-state index contributed by atoms with van der Waals surface area (Å²) in [6.07, 6.45) is 2.59. The first-order chi connectivity index (χ1) is 8.86. The summed E-state index contributed by atoms with van der Waals surface area (Å²) >= 11 is 0. The van der Waals surface area contributed by atoms with Crippen LogP contribution in [0.25, 0.3) is 11.3 Å². The molecule has 4 nitrogen and oxygen atoms in total. The highest BCUT2D eigenvalue weighted by atomic mass is 16.5. The van der Waals surface area contributed by atoms with Gasteiger partial charge in [-0.2, -0.15) is 0 Å². The lowest BCUT2D eigenvalue weighted by Gasteiger charge is -2.17. The van der Waals surface area contributed by atoms with E-state index in [4.69, 9.17) is 10.3 Å². The number of benzene rings is 1. The molecule has 1 saturated heterocycles. The first kappa shape index (κ1) is 11.3. The van der Waals surface area contributed by atoms with Gasteiger partial charge in [-0.3, -0.25) is 0 Å². The zero-order valence-electron chi connectivity index (χ0n) is 10.3. The van der Waals surface area contributed by atoms with Gasteiger partial charge in [-0.1, -0.05) is 17.3 Å². The van der Waals surface area contributed by atoms with Crippen LogP contribution in [0.2, 0.25) is 0 Å². The molecule has 2 aromatic rings. The summed E-state index contributed by atoms with van der Waals surface area (Å²) in [6, 6.07) is 10.4. The van der Waals surface area contributed by atoms with E-state index in [1.165, 1.54) is 31.6 Å².